The van der Waals surface area contributed by atoms with E-state index in [0.717, 1.165) is 6.42 Å². The second-order valence-corrected chi connectivity index (χ2v) is 13.0. The third-order valence-corrected chi connectivity index (χ3v) is 10.8. The average Bonchev–Trinajstić information content (AvgIpc) is 3.17. The predicted octanol–water partition coefficient (Wildman–Crippen LogP) is 5.56. The van der Waals surface area contributed by atoms with Crippen LogP contribution in [0.2, 0.25) is 0 Å². The maximum Gasteiger partial charge on any atom is 0.306 e. The van der Waals surface area contributed by atoms with Gasteiger partial charge in [0.25, 0.3) is 0 Å². The summed E-state index contributed by atoms with van der Waals surface area (Å²) in [6, 6.07) is 0. The normalized spacial score (nSPS) is 38.5. The van der Waals surface area contributed by atoms with E-state index in [9.17, 15) is 24.0 Å². The molecule has 0 heterocycles. The van der Waals surface area contributed by atoms with Gasteiger partial charge in [0.1, 0.15) is 6.10 Å². The number of allylic oxidation sites excluding steroid dienone is 4. The Morgan fingerprint density at radius 2 is 1.71 bits per heavy atom. The minimum atomic E-state index is -2.07. The summed E-state index contributed by atoms with van der Waals surface area (Å²) in [4.78, 5) is 64.5. The van der Waals surface area contributed by atoms with Gasteiger partial charge in [-0.2, -0.15) is 0 Å². The van der Waals surface area contributed by atoms with Crippen LogP contribution in [0, 0.1) is 28.6 Å². The van der Waals surface area contributed by atoms with Gasteiger partial charge in [-0.05, 0) is 57.1 Å². The summed E-state index contributed by atoms with van der Waals surface area (Å²) in [6.07, 6.45) is 5.98. The molecule has 42 heavy (non-hydrogen) atoms. The number of hydrogen-bond donors (Lipinski definition) is 0. The van der Waals surface area contributed by atoms with Crippen LogP contribution in [0.1, 0.15) is 99.3 Å². The summed E-state index contributed by atoms with van der Waals surface area (Å²) in [5.41, 5.74) is -5.42. The second kappa shape index (κ2) is 11.7. The van der Waals surface area contributed by atoms with Gasteiger partial charge in [0.2, 0.25) is 5.78 Å². The lowest BCUT2D eigenvalue weighted by Gasteiger charge is -2.63. The van der Waals surface area contributed by atoms with Gasteiger partial charge in [-0.25, -0.2) is 4.39 Å². The lowest BCUT2D eigenvalue weighted by molar-refractivity contribution is -0.236. The number of ketones is 2. The number of ether oxygens (including phenoxy) is 3. The molecule has 0 amide bonds. The van der Waals surface area contributed by atoms with Crippen LogP contribution in [0.5, 0.6) is 0 Å². The highest BCUT2D eigenvalue weighted by Gasteiger charge is 2.78. The van der Waals surface area contributed by atoms with Gasteiger partial charge in [0, 0.05) is 41.9 Å². The van der Waals surface area contributed by atoms with Gasteiger partial charge < -0.3 is 14.2 Å². The van der Waals surface area contributed by atoms with Crippen LogP contribution in [0.15, 0.2) is 23.8 Å². The number of rotatable bonds is 10. The lowest BCUT2D eigenvalue weighted by atomic mass is 9.44. The Kier molecular flexibility index (Phi) is 8.92. The molecule has 0 saturated heterocycles. The maximum atomic E-state index is 18.3. The number of Topliss-reactive ketones (excluding diaryl/α,β-unsaturated/α-hetero) is 1. The van der Waals surface area contributed by atoms with Crippen molar-refractivity contribution in [2.75, 3.05) is 6.61 Å². The molecule has 8 nitrogen and oxygen atoms in total. The zero-order valence-electron chi connectivity index (χ0n) is 25.8. The smallest absolute Gasteiger partial charge is 0.306 e. The third-order valence-electron chi connectivity index (χ3n) is 10.8. The number of fused-ring (bicyclic) bond motifs is 5. The number of alkyl halides is 1. The number of esters is 3. The van der Waals surface area contributed by atoms with E-state index in [4.69, 9.17) is 14.2 Å². The molecule has 3 saturated carbocycles. The van der Waals surface area contributed by atoms with E-state index < -0.39 is 76.3 Å². The first-order valence-corrected chi connectivity index (χ1v) is 15.5. The lowest BCUT2D eigenvalue weighted by Crippen LogP contribution is -2.70. The Hall–Kier alpha value is -2.84. The molecule has 0 N–H and O–H groups in total. The molecule has 0 radical (unpaired) electrons. The molecule has 3 fully saturated rings. The number of halogens is 1. The molecule has 8 atom stereocenters. The van der Waals surface area contributed by atoms with E-state index >= 15 is 4.39 Å². The largest absolute Gasteiger partial charge is 0.459 e. The van der Waals surface area contributed by atoms with Gasteiger partial charge in [0.15, 0.2) is 23.7 Å². The molecular formula is C33H45FO8. The van der Waals surface area contributed by atoms with Gasteiger partial charge in [-0.1, -0.05) is 52.7 Å². The minimum absolute atomic E-state index is 0.0220. The highest BCUT2D eigenvalue weighted by atomic mass is 19.1. The molecule has 4 rings (SSSR count). The standard InChI is InChI=1S/C33H45FO8/c1-7-10-11-29(39)41-26-18-31(6)24(23-13-12-21-17-22(35)14-15-30(21,5)32(23,26)34)16-20(4)33(31,42-28(38)9-3)25(36)19-40-27(37)8-2/h14-15,17,20,23-24,26H,7-13,16,18-19H2,1-6H3/t20-,23-,24-,26-,30-,31-,32+,33-/m0/s1. The Bertz CT molecular complexity index is 1210. The zero-order valence-corrected chi connectivity index (χ0v) is 25.8. The van der Waals surface area contributed by atoms with E-state index in [1.54, 1.807) is 26.8 Å². The molecule has 9 heteroatoms. The van der Waals surface area contributed by atoms with Gasteiger partial charge in [-0.3, -0.25) is 24.0 Å². The molecule has 0 aliphatic heterocycles. The predicted molar refractivity (Wildman–Crippen MR) is 152 cm³/mol. The first-order valence-electron chi connectivity index (χ1n) is 15.5. The summed E-state index contributed by atoms with van der Waals surface area (Å²) in [5, 5.41) is 0. The van der Waals surface area contributed by atoms with E-state index in [1.165, 1.54) is 12.2 Å². The van der Waals surface area contributed by atoms with Gasteiger partial charge >= 0.3 is 17.9 Å². The number of carbonyl (C=O) groups excluding carboxylic acids is 5. The van der Waals surface area contributed by atoms with E-state index in [-0.39, 0.29) is 31.5 Å². The van der Waals surface area contributed by atoms with Crippen LogP contribution in [-0.2, 0) is 38.2 Å². The number of carbonyl (C=O) groups is 5. The zero-order chi connectivity index (χ0) is 31.1. The van der Waals surface area contributed by atoms with Crippen molar-refractivity contribution in [1.29, 1.82) is 0 Å². The Morgan fingerprint density at radius 3 is 2.36 bits per heavy atom. The maximum absolute atomic E-state index is 18.3. The van der Waals surface area contributed by atoms with Crippen LogP contribution in [0.3, 0.4) is 0 Å². The van der Waals surface area contributed by atoms with Crippen molar-refractivity contribution in [1.82, 2.24) is 0 Å². The Morgan fingerprint density at radius 1 is 1.02 bits per heavy atom. The van der Waals surface area contributed by atoms with Crippen LogP contribution in [-0.4, -0.2) is 53.5 Å². The monoisotopic (exact) mass is 588 g/mol. The molecule has 4 aliphatic rings. The van der Waals surface area contributed by atoms with Crippen LogP contribution in [0.25, 0.3) is 0 Å². The fourth-order valence-corrected chi connectivity index (χ4v) is 8.64. The third kappa shape index (κ3) is 4.75. The first kappa shape index (κ1) is 32.1. The minimum Gasteiger partial charge on any atom is -0.459 e. The SMILES string of the molecule is CCCCC(=O)O[C@H]1C[C@@]2(C)[C@@H](C[C@H](C)[C@]2(OC(=O)CC)C(=O)COC(=O)CC)[C@@H]2CCC3=CC(=O)C=C[C@]3(C)[C@]12F. The summed E-state index contributed by atoms with van der Waals surface area (Å²) >= 11 is 0. The molecule has 0 aromatic rings. The first-order chi connectivity index (χ1) is 19.7. The highest BCUT2D eigenvalue weighted by molar-refractivity contribution is 6.01. The topological polar surface area (TPSA) is 113 Å². The van der Waals surface area contributed by atoms with E-state index in [1.807, 2.05) is 20.8 Å². The van der Waals surface area contributed by atoms with Crippen LogP contribution in [0.4, 0.5) is 4.39 Å². The van der Waals surface area contributed by atoms with Crippen molar-refractivity contribution in [2.24, 2.45) is 28.6 Å². The fourth-order valence-electron chi connectivity index (χ4n) is 8.64. The van der Waals surface area contributed by atoms with Crippen molar-refractivity contribution in [3.8, 4) is 0 Å². The number of unbranched alkanes of at least 4 members (excludes halogenated alkanes) is 1. The van der Waals surface area contributed by atoms with Crippen LogP contribution < -0.4 is 0 Å². The highest BCUT2D eigenvalue weighted by Crippen LogP contribution is 2.72. The van der Waals surface area contributed by atoms with Gasteiger partial charge in [-0.15, -0.1) is 0 Å². The van der Waals surface area contributed by atoms with Crippen molar-refractivity contribution >= 4 is 29.5 Å². The van der Waals surface area contributed by atoms with E-state index in [2.05, 4.69) is 0 Å². The van der Waals surface area contributed by atoms with Crippen molar-refractivity contribution in [3.63, 3.8) is 0 Å². The summed E-state index contributed by atoms with van der Waals surface area (Å²) in [5.74, 6) is -3.99. The quantitative estimate of drug-likeness (QED) is 0.241. The summed E-state index contributed by atoms with van der Waals surface area (Å²) < 4.78 is 35.7. The molecule has 0 bridgehead atoms. The molecule has 0 aromatic heterocycles. The summed E-state index contributed by atoms with van der Waals surface area (Å²) in [6.45, 7) is 10.1. The molecular weight excluding hydrogens is 543 g/mol. The summed E-state index contributed by atoms with van der Waals surface area (Å²) in [7, 11) is 0. The average molecular weight is 589 g/mol. The van der Waals surface area contributed by atoms with Crippen molar-refractivity contribution < 1.29 is 42.6 Å². The second-order valence-electron chi connectivity index (χ2n) is 13.0. The molecule has 0 unspecified atom stereocenters. The van der Waals surface area contributed by atoms with Gasteiger partial charge in [0.05, 0.1) is 0 Å². The molecule has 4 aliphatic carbocycles. The fraction of sp³-hybridized carbons (Fsp3) is 0.727. The van der Waals surface area contributed by atoms with E-state index in [0.29, 0.717) is 31.3 Å². The molecule has 0 spiro atoms. The van der Waals surface area contributed by atoms with Crippen molar-refractivity contribution in [2.45, 2.75) is 117 Å². The Labute approximate surface area is 247 Å². The van der Waals surface area contributed by atoms with Crippen LogP contribution >= 0.6 is 0 Å². The number of hydrogen-bond acceptors (Lipinski definition) is 8. The Balaban J connectivity index is 1.87. The molecule has 232 valence electrons. The molecule has 0 aromatic carbocycles. The van der Waals surface area contributed by atoms with Crippen molar-refractivity contribution in [3.05, 3.63) is 23.8 Å².